The fourth-order valence-electron chi connectivity index (χ4n) is 2.26. The second-order valence-corrected chi connectivity index (χ2v) is 4.52. The van der Waals surface area contributed by atoms with Gasteiger partial charge < -0.3 is 24.5 Å². The molecule has 5 nitrogen and oxygen atoms in total. The first kappa shape index (κ1) is 16.8. The van der Waals surface area contributed by atoms with Crippen LogP contribution in [0.1, 0.15) is 17.2 Å². The standard InChI is InChI=1S/C10H12O2.C4H8O2.CH2O/c11-6-8-5-7-3-1-2-4-9(7)10(8)12;1-2-6-4-3-5-1;1-2/h1-4,8,10-12H,5-6H2;1-4H2;1H2. The minimum atomic E-state index is -0.466. The zero-order chi connectivity index (χ0) is 14.8. The van der Waals surface area contributed by atoms with E-state index < -0.39 is 6.10 Å². The summed E-state index contributed by atoms with van der Waals surface area (Å²) in [5, 5.41) is 18.6. The largest absolute Gasteiger partial charge is 0.396 e. The Bertz CT molecular complexity index is 367. The lowest BCUT2D eigenvalue weighted by Crippen LogP contribution is -2.16. The van der Waals surface area contributed by atoms with Crippen molar-refractivity contribution in [1.82, 2.24) is 0 Å². The van der Waals surface area contributed by atoms with Crippen molar-refractivity contribution in [2.45, 2.75) is 12.5 Å². The van der Waals surface area contributed by atoms with Crippen molar-refractivity contribution < 1.29 is 24.5 Å². The molecule has 1 aromatic carbocycles. The van der Waals surface area contributed by atoms with E-state index in [9.17, 15) is 5.11 Å². The van der Waals surface area contributed by atoms with Gasteiger partial charge in [0.1, 0.15) is 6.79 Å². The summed E-state index contributed by atoms with van der Waals surface area (Å²) in [4.78, 5) is 8.00. The third-order valence-electron chi connectivity index (χ3n) is 3.28. The number of aliphatic hydroxyl groups excluding tert-OH is 2. The molecule has 2 atom stereocenters. The van der Waals surface area contributed by atoms with E-state index in [2.05, 4.69) is 0 Å². The fraction of sp³-hybridized carbons (Fsp3) is 0.533. The third-order valence-corrected chi connectivity index (χ3v) is 3.28. The molecule has 1 saturated heterocycles. The van der Waals surface area contributed by atoms with Crippen LogP contribution in [-0.2, 0) is 20.7 Å². The number of carbonyl (C=O) groups excluding carboxylic acids is 1. The highest BCUT2D eigenvalue weighted by Crippen LogP contribution is 2.35. The van der Waals surface area contributed by atoms with Gasteiger partial charge in [0.05, 0.1) is 32.5 Å². The number of rotatable bonds is 1. The van der Waals surface area contributed by atoms with Crippen molar-refractivity contribution in [2.24, 2.45) is 5.92 Å². The van der Waals surface area contributed by atoms with E-state index in [1.165, 1.54) is 5.56 Å². The fourth-order valence-corrected chi connectivity index (χ4v) is 2.26. The van der Waals surface area contributed by atoms with E-state index >= 15 is 0 Å². The van der Waals surface area contributed by atoms with Crippen LogP contribution in [0.5, 0.6) is 0 Å². The van der Waals surface area contributed by atoms with Gasteiger partial charge in [0.15, 0.2) is 0 Å². The molecule has 3 rings (SSSR count). The summed E-state index contributed by atoms with van der Waals surface area (Å²) in [6.45, 7) is 5.18. The minimum absolute atomic E-state index is 0.00222. The Hall–Kier alpha value is -1.27. The van der Waals surface area contributed by atoms with Crippen LogP contribution in [0.2, 0.25) is 0 Å². The normalized spacial score (nSPS) is 23.7. The quantitative estimate of drug-likeness (QED) is 0.794. The first-order chi connectivity index (χ1) is 9.83. The topological polar surface area (TPSA) is 76.0 Å². The number of benzene rings is 1. The van der Waals surface area contributed by atoms with E-state index in [0.717, 1.165) is 38.4 Å². The highest BCUT2D eigenvalue weighted by Gasteiger charge is 2.29. The van der Waals surface area contributed by atoms with Crippen LogP contribution in [0.25, 0.3) is 0 Å². The summed E-state index contributed by atoms with van der Waals surface area (Å²) in [5.41, 5.74) is 2.15. The average molecular weight is 282 g/mol. The second-order valence-electron chi connectivity index (χ2n) is 4.52. The van der Waals surface area contributed by atoms with Crippen LogP contribution < -0.4 is 0 Å². The first-order valence-corrected chi connectivity index (χ1v) is 6.64. The van der Waals surface area contributed by atoms with Gasteiger partial charge >= 0.3 is 0 Å². The Morgan fingerprint density at radius 1 is 1.10 bits per heavy atom. The second kappa shape index (κ2) is 9.61. The predicted molar refractivity (Wildman–Crippen MR) is 74.4 cm³/mol. The van der Waals surface area contributed by atoms with Gasteiger partial charge in [-0.25, -0.2) is 0 Å². The summed E-state index contributed by atoms with van der Waals surface area (Å²) in [6, 6.07) is 7.82. The van der Waals surface area contributed by atoms with E-state index in [-0.39, 0.29) is 12.5 Å². The Morgan fingerprint density at radius 2 is 1.65 bits per heavy atom. The van der Waals surface area contributed by atoms with Gasteiger partial charge in [0, 0.05) is 12.5 Å². The molecule has 0 saturated carbocycles. The number of fused-ring (bicyclic) bond motifs is 1. The molecule has 2 N–H and O–H groups in total. The molecule has 0 aromatic heterocycles. The average Bonchev–Trinajstić information content (AvgIpc) is 2.88. The Kier molecular flexibility index (Phi) is 8.06. The summed E-state index contributed by atoms with van der Waals surface area (Å²) in [6.07, 6.45) is 0.333. The number of hydrogen-bond donors (Lipinski definition) is 2. The van der Waals surface area contributed by atoms with Gasteiger partial charge in [0.25, 0.3) is 0 Å². The molecule has 0 bridgehead atoms. The van der Waals surface area contributed by atoms with E-state index in [0.29, 0.717) is 0 Å². The highest BCUT2D eigenvalue weighted by atomic mass is 16.6. The van der Waals surface area contributed by atoms with E-state index in [4.69, 9.17) is 19.4 Å². The highest BCUT2D eigenvalue weighted by molar-refractivity contribution is 5.34. The van der Waals surface area contributed by atoms with Gasteiger partial charge in [-0.05, 0) is 17.5 Å². The Morgan fingerprint density at radius 3 is 2.10 bits per heavy atom. The predicted octanol–water partition coefficient (Wildman–Crippen LogP) is 0.733. The summed E-state index contributed by atoms with van der Waals surface area (Å²) in [7, 11) is 0. The summed E-state index contributed by atoms with van der Waals surface area (Å²) < 4.78 is 9.89. The van der Waals surface area contributed by atoms with Gasteiger partial charge in [-0.15, -0.1) is 0 Å². The third kappa shape index (κ3) is 4.68. The monoisotopic (exact) mass is 282 g/mol. The zero-order valence-corrected chi connectivity index (χ0v) is 11.5. The zero-order valence-electron chi connectivity index (χ0n) is 11.5. The molecule has 1 heterocycles. The number of ether oxygens (including phenoxy) is 2. The number of hydrogen-bond acceptors (Lipinski definition) is 5. The molecule has 1 aliphatic heterocycles. The summed E-state index contributed by atoms with van der Waals surface area (Å²) in [5.74, 6) is 0.00222. The van der Waals surface area contributed by atoms with Gasteiger partial charge in [0.2, 0.25) is 0 Å². The molecule has 0 radical (unpaired) electrons. The molecule has 1 aromatic rings. The van der Waals surface area contributed by atoms with Gasteiger partial charge in [-0.1, -0.05) is 24.3 Å². The van der Waals surface area contributed by atoms with Crippen LogP contribution in [0.15, 0.2) is 24.3 Å². The van der Waals surface area contributed by atoms with Crippen molar-refractivity contribution in [3.8, 4) is 0 Å². The van der Waals surface area contributed by atoms with Crippen molar-refractivity contribution in [1.29, 1.82) is 0 Å². The van der Waals surface area contributed by atoms with E-state index in [1.807, 2.05) is 31.1 Å². The molecule has 1 fully saturated rings. The molecule has 0 amide bonds. The van der Waals surface area contributed by atoms with Crippen LogP contribution in [0, 0.1) is 5.92 Å². The number of aliphatic hydroxyl groups is 2. The van der Waals surface area contributed by atoms with Crippen LogP contribution >= 0.6 is 0 Å². The van der Waals surface area contributed by atoms with Crippen molar-refractivity contribution in [2.75, 3.05) is 33.0 Å². The maximum Gasteiger partial charge on any atom is 0.106 e. The van der Waals surface area contributed by atoms with Crippen LogP contribution in [0.3, 0.4) is 0 Å². The maximum absolute atomic E-state index is 9.68. The van der Waals surface area contributed by atoms with Crippen molar-refractivity contribution >= 4 is 6.79 Å². The van der Waals surface area contributed by atoms with Gasteiger partial charge in [-0.2, -0.15) is 0 Å². The number of carbonyl (C=O) groups is 1. The first-order valence-electron chi connectivity index (χ1n) is 6.64. The maximum atomic E-state index is 9.68. The lowest BCUT2D eigenvalue weighted by Gasteiger charge is -2.10. The lowest BCUT2D eigenvalue weighted by molar-refractivity contribution is -0.0979. The molecule has 20 heavy (non-hydrogen) atoms. The van der Waals surface area contributed by atoms with Crippen molar-refractivity contribution in [3.63, 3.8) is 0 Å². The Balaban J connectivity index is 0.000000211. The van der Waals surface area contributed by atoms with Crippen LogP contribution in [0.4, 0.5) is 0 Å². The lowest BCUT2D eigenvalue weighted by atomic mass is 10.1. The van der Waals surface area contributed by atoms with Gasteiger partial charge in [-0.3, -0.25) is 0 Å². The van der Waals surface area contributed by atoms with E-state index in [1.54, 1.807) is 0 Å². The molecule has 112 valence electrons. The molecule has 0 spiro atoms. The van der Waals surface area contributed by atoms with Crippen molar-refractivity contribution in [3.05, 3.63) is 35.4 Å². The molecule has 2 aliphatic rings. The molecule has 5 heteroatoms. The molecule has 2 unspecified atom stereocenters. The molecular weight excluding hydrogens is 260 g/mol. The van der Waals surface area contributed by atoms with Crippen LogP contribution in [-0.4, -0.2) is 50.0 Å². The molecular formula is C15H22O5. The Labute approximate surface area is 119 Å². The SMILES string of the molecule is C1COCCO1.C=O.OCC1Cc2ccccc2C1O. The smallest absolute Gasteiger partial charge is 0.106 e. The molecule has 1 aliphatic carbocycles. The summed E-state index contributed by atoms with van der Waals surface area (Å²) >= 11 is 0. The minimum Gasteiger partial charge on any atom is -0.396 e.